The van der Waals surface area contributed by atoms with E-state index in [0.29, 0.717) is 24.5 Å². The molecule has 0 bridgehead atoms. The molecule has 1 heterocycles. The average Bonchev–Trinajstić information content (AvgIpc) is 2.91. The summed E-state index contributed by atoms with van der Waals surface area (Å²) in [6.07, 6.45) is 1.47. The van der Waals surface area contributed by atoms with E-state index >= 15 is 0 Å². The van der Waals surface area contributed by atoms with Gasteiger partial charge in [0.25, 0.3) is 5.91 Å². The van der Waals surface area contributed by atoms with Crippen LogP contribution in [0.25, 0.3) is 0 Å². The SMILES string of the molecule is COc1ccc(C)cc1N/C=C(/C#N)C(=O)N1CCN(C(c2ccccc2)c2ccccc2)CC1. The Morgan fingerprint density at radius 2 is 1.57 bits per heavy atom. The molecular weight excluding hydrogens is 436 g/mol. The van der Waals surface area contributed by atoms with E-state index in [1.54, 1.807) is 12.0 Å². The summed E-state index contributed by atoms with van der Waals surface area (Å²) in [5, 5.41) is 12.8. The summed E-state index contributed by atoms with van der Waals surface area (Å²) in [5.41, 5.74) is 4.30. The second kappa shape index (κ2) is 11.4. The zero-order chi connectivity index (χ0) is 24.6. The molecule has 1 N–H and O–H groups in total. The molecule has 4 rings (SSSR count). The molecule has 0 spiro atoms. The highest BCUT2D eigenvalue weighted by Gasteiger charge is 2.29. The van der Waals surface area contributed by atoms with Gasteiger partial charge in [0.15, 0.2) is 0 Å². The van der Waals surface area contributed by atoms with E-state index in [1.165, 1.54) is 17.3 Å². The Morgan fingerprint density at radius 1 is 0.971 bits per heavy atom. The van der Waals surface area contributed by atoms with Crippen molar-refractivity contribution in [2.45, 2.75) is 13.0 Å². The summed E-state index contributed by atoms with van der Waals surface area (Å²) in [5.74, 6) is 0.389. The topological polar surface area (TPSA) is 68.6 Å². The number of nitriles is 1. The third-order valence-electron chi connectivity index (χ3n) is 6.28. The van der Waals surface area contributed by atoms with E-state index in [9.17, 15) is 10.1 Å². The third kappa shape index (κ3) is 5.71. The van der Waals surface area contributed by atoms with Crippen molar-refractivity contribution in [3.8, 4) is 11.8 Å². The van der Waals surface area contributed by atoms with Crippen molar-refractivity contribution in [2.24, 2.45) is 0 Å². The number of nitrogens with one attached hydrogen (secondary N) is 1. The summed E-state index contributed by atoms with van der Waals surface area (Å²) >= 11 is 0. The molecule has 0 radical (unpaired) electrons. The minimum absolute atomic E-state index is 0.0738. The molecule has 1 fully saturated rings. The summed E-state index contributed by atoms with van der Waals surface area (Å²) in [4.78, 5) is 17.3. The Kier molecular flexibility index (Phi) is 7.81. The second-order valence-corrected chi connectivity index (χ2v) is 8.57. The van der Waals surface area contributed by atoms with Crippen LogP contribution >= 0.6 is 0 Å². The van der Waals surface area contributed by atoms with Crippen LogP contribution in [0.4, 0.5) is 5.69 Å². The van der Waals surface area contributed by atoms with Crippen molar-refractivity contribution in [3.63, 3.8) is 0 Å². The lowest BCUT2D eigenvalue weighted by Gasteiger charge is -2.39. The number of nitrogens with zero attached hydrogens (tertiary/aromatic N) is 3. The Morgan fingerprint density at radius 3 is 2.11 bits per heavy atom. The maximum absolute atomic E-state index is 13.1. The van der Waals surface area contributed by atoms with Crippen LogP contribution < -0.4 is 10.1 Å². The van der Waals surface area contributed by atoms with Crippen LogP contribution in [0, 0.1) is 18.3 Å². The van der Waals surface area contributed by atoms with Crippen molar-refractivity contribution in [1.82, 2.24) is 9.80 Å². The van der Waals surface area contributed by atoms with Gasteiger partial charge in [-0.1, -0.05) is 66.7 Å². The maximum atomic E-state index is 13.1. The lowest BCUT2D eigenvalue weighted by molar-refractivity contribution is -0.128. The van der Waals surface area contributed by atoms with Crippen molar-refractivity contribution < 1.29 is 9.53 Å². The first kappa shape index (κ1) is 24.1. The number of anilines is 1. The van der Waals surface area contributed by atoms with Crippen LogP contribution in [0.1, 0.15) is 22.7 Å². The van der Waals surface area contributed by atoms with Gasteiger partial charge >= 0.3 is 0 Å². The predicted molar refractivity (Wildman–Crippen MR) is 138 cm³/mol. The van der Waals surface area contributed by atoms with E-state index in [-0.39, 0.29) is 17.5 Å². The monoisotopic (exact) mass is 466 g/mol. The Labute approximate surface area is 207 Å². The first-order valence-corrected chi connectivity index (χ1v) is 11.8. The quantitative estimate of drug-likeness (QED) is 0.402. The van der Waals surface area contributed by atoms with Crippen LogP contribution in [0.5, 0.6) is 5.75 Å². The van der Waals surface area contributed by atoms with E-state index in [4.69, 9.17) is 4.74 Å². The number of rotatable bonds is 7. The standard InChI is InChI=1S/C29H30N4O2/c1-22-13-14-27(35-2)26(19-22)31-21-25(20-30)29(34)33-17-15-32(16-18-33)28(23-9-5-3-6-10-23)24-11-7-4-8-12-24/h3-14,19,21,28,31H,15-18H2,1-2H3/b25-21-. The fourth-order valence-corrected chi connectivity index (χ4v) is 4.46. The van der Waals surface area contributed by atoms with E-state index in [2.05, 4.69) is 64.8 Å². The first-order valence-electron chi connectivity index (χ1n) is 11.8. The lowest BCUT2D eigenvalue weighted by Crippen LogP contribution is -2.50. The van der Waals surface area contributed by atoms with E-state index in [0.717, 1.165) is 18.7 Å². The number of amides is 1. The summed E-state index contributed by atoms with van der Waals surface area (Å²) in [6, 6.07) is 28.8. The highest BCUT2D eigenvalue weighted by molar-refractivity contribution is 5.97. The zero-order valence-corrected chi connectivity index (χ0v) is 20.1. The lowest BCUT2D eigenvalue weighted by atomic mass is 9.96. The number of benzene rings is 3. The zero-order valence-electron chi connectivity index (χ0n) is 20.1. The molecule has 0 atom stereocenters. The average molecular weight is 467 g/mol. The van der Waals surface area contributed by atoms with E-state index in [1.807, 2.05) is 37.3 Å². The fourth-order valence-electron chi connectivity index (χ4n) is 4.46. The molecule has 35 heavy (non-hydrogen) atoms. The molecular formula is C29H30N4O2. The second-order valence-electron chi connectivity index (χ2n) is 8.57. The highest BCUT2D eigenvalue weighted by atomic mass is 16.5. The Balaban J connectivity index is 1.46. The first-order chi connectivity index (χ1) is 17.1. The van der Waals surface area contributed by atoms with Crippen molar-refractivity contribution >= 4 is 11.6 Å². The number of hydrogen-bond donors (Lipinski definition) is 1. The van der Waals surface area contributed by atoms with Crippen LogP contribution in [-0.4, -0.2) is 49.0 Å². The molecule has 6 heteroatoms. The van der Waals surface area contributed by atoms with Crippen LogP contribution in [0.2, 0.25) is 0 Å². The normalized spacial score (nSPS) is 14.5. The molecule has 1 saturated heterocycles. The van der Waals surface area contributed by atoms with Crippen LogP contribution in [0.3, 0.4) is 0 Å². The van der Waals surface area contributed by atoms with Crippen molar-refractivity contribution in [3.05, 3.63) is 107 Å². The van der Waals surface area contributed by atoms with Crippen LogP contribution in [-0.2, 0) is 4.79 Å². The molecule has 1 amide bonds. The number of ether oxygens (including phenoxy) is 1. The van der Waals surface area contributed by atoms with Crippen molar-refractivity contribution in [2.75, 3.05) is 38.6 Å². The maximum Gasteiger partial charge on any atom is 0.266 e. The predicted octanol–water partition coefficient (Wildman–Crippen LogP) is 4.76. The molecule has 178 valence electrons. The number of carbonyl (C=O) groups excluding carboxylic acids is 1. The van der Waals surface area contributed by atoms with Gasteiger partial charge in [-0.2, -0.15) is 5.26 Å². The number of hydrogen-bond acceptors (Lipinski definition) is 5. The third-order valence-corrected chi connectivity index (χ3v) is 6.28. The van der Waals surface area contributed by atoms with Gasteiger partial charge in [-0.15, -0.1) is 0 Å². The molecule has 0 unspecified atom stereocenters. The largest absolute Gasteiger partial charge is 0.495 e. The van der Waals surface area contributed by atoms with Gasteiger partial charge in [-0.3, -0.25) is 9.69 Å². The van der Waals surface area contributed by atoms with Gasteiger partial charge in [0.1, 0.15) is 17.4 Å². The molecule has 1 aliphatic heterocycles. The fraction of sp³-hybridized carbons (Fsp3) is 0.241. The number of methoxy groups -OCH3 is 1. The minimum Gasteiger partial charge on any atom is -0.495 e. The number of piperazine rings is 1. The van der Waals surface area contributed by atoms with Gasteiger partial charge in [0.2, 0.25) is 0 Å². The summed E-state index contributed by atoms with van der Waals surface area (Å²) < 4.78 is 5.37. The molecule has 0 saturated carbocycles. The van der Waals surface area contributed by atoms with Gasteiger partial charge in [-0.25, -0.2) is 0 Å². The minimum atomic E-state index is -0.262. The number of carbonyl (C=O) groups is 1. The van der Waals surface area contributed by atoms with Crippen molar-refractivity contribution in [1.29, 1.82) is 5.26 Å². The smallest absolute Gasteiger partial charge is 0.266 e. The van der Waals surface area contributed by atoms with Crippen LogP contribution in [0.15, 0.2) is 90.6 Å². The number of aryl methyl sites for hydroxylation is 1. The molecule has 0 aromatic heterocycles. The molecule has 1 aliphatic rings. The van der Waals surface area contributed by atoms with Gasteiger partial charge in [0.05, 0.1) is 18.8 Å². The van der Waals surface area contributed by atoms with Gasteiger partial charge in [0, 0.05) is 32.4 Å². The Hall–Kier alpha value is -4.08. The van der Waals surface area contributed by atoms with Gasteiger partial charge in [-0.05, 0) is 35.7 Å². The van der Waals surface area contributed by atoms with E-state index < -0.39 is 0 Å². The Bertz CT molecular complexity index is 1170. The molecule has 0 aliphatic carbocycles. The molecule has 3 aromatic carbocycles. The summed E-state index contributed by atoms with van der Waals surface area (Å²) in [6.45, 7) is 4.53. The van der Waals surface area contributed by atoms with Gasteiger partial charge < -0.3 is 15.0 Å². The molecule has 3 aromatic rings. The molecule has 6 nitrogen and oxygen atoms in total. The summed E-state index contributed by atoms with van der Waals surface area (Å²) in [7, 11) is 1.59. The highest BCUT2D eigenvalue weighted by Crippen LogP contribution is 2.30.